The molecule has 0 aliphatic heterocycles. The third-order valence-electron chi connectivity index (χ3n) is 1.82. The van der Waals surface area contributed by atoms with Crippen LogP contribution in [-0.4, -0.2) is 22.9 Å². The summed E-state index contributed by atoms with van der Waals surface area (Å²) in [7, 11) is 0. The molecule has 0 bridgehead atoms. The Balaban J connectivity index is 2.50. The highest BCUT2D eigenvalue weighted by Gasteiger charge is 2.26. The van der Waals surface area contributed by atoms with Gasteiger partial charge in [-0.05, 0) is 29.9 Å². The Morgan fingerprint density at radius 3 is 2.65 bits per heavy atom. The second-order valence-corrected chi connectivity index (χ2v) is 3.69. The second-order valence-electron chi connectivity index (χ2n) is 3.28. The van der Waals surface area contributed by atoms with E-state index in [1.165, 1.54) is 0 Å². The van der Waals surface area contributed by atoms with Gasteiger partial charge in [-0.25, -0.2) is 0 Å². The summed E-state index contributed by atoms with van der Waals surface area (Å²) in [5.41, 5.74) is 1.17. The lowest BCUT2D eigenvalue weighted by Gasteiger charge is -2.12. The van der Waals surface area contributed by atoms with Gasteiger partial charge in [0.2, 0.25) is 0 Å². The van der Waals surface area contributed by atoms with Gasteiger partial charge in [-0.3, -0.25) is 0 Å². The molecule has 3 nitrogen and oxygen atoms in total. The highest BCUT2D eigenvalue weighted by molar-refractivity contribution is 7.80. The number of hydrogen-bond donors (Lipinski definition) is 3. The van der Waals surface area contributed by atoms with E-state index in [2.05, 4.69) is 5.32 Å². The number of benzene rings is 1. The molecule has 0 amide bonds. The van der Waals surface area contributed by atoms with Crippen LogP contribution in [0, 0.1) is 0 Å². The van der Waals surface area contributed by atoms with Crippen molar-refractivity contribution >= 4 is 23.0 Å². The minimum atomic E-state index is -4.31. The van der Waals surface area contributed by atoms with E-state index in [0.717, 1.165) is 0 Å². The van der Waals surface area contributed by atoms with E-state index in [1.807, 2.05) is 5.32 Å². The van der Waals surface area contributed by atoms with Crippen molar-refractivity contribution in [1.82, 2.24) is 5.32 Å². The molecule has 0 aliphatic carbocycles. The zero-order chi connectivity index (χ0) is 12.9. The number of nitrogens with one attached hydrogen (secondary N) is 2. The van der Waals surface area contributed by atoms with Crippen LogP contribution in [0.15, 0.2) is 24.3 Å². The van der Waals surface area contributed by atoms with Crippen LogP contribution in [0.4, 0.5) is 18.9 Å². The number of alkyl halides is 3. The Morgan fingerprint density at radius 1 is 1.35 bits per heavy atom. The maximum atomic E-state index is 11.9. The summed E-state index contributed by atoms with van der Waals surface area (Å²) in [6.07, 6.45) is -4.31. The molecule has 0 aromatic heterocycles. The zero-order valence-electron chi connectivity index (χ0n) is 8.71. The van der Waals surface area contributed by atoms with Gasteiger partial charge in [0.1, 0.15) is 6.54 Å². The summed E-state index contributed by atoms with van der Waals surface area (Å²) in [6.45, 7) is -1.32. The fraction of sp³-hybridized carbons (Fsp3) is 0.300. The molecule has 3 N–H and O–H groups in total. The lowest BCUT2D eigenvalue weighted by molar-refractivity contribution is -0.121. The summed E-state index contributed by atoms with van der Waals surface area (Å²) in [4.78, 5) is 0. The molecule has 1 aromatic rings. The minimum Gasteiger partial charge on any atom is -0.392 e. The molecule has 0 heterocycles. The third-order valence-corrected chi connectivity index (χ3v) is 2.06. The van der Waals surface area contributed by atoms with Crippen molar-refractivity contribution in [3.8, 4) is 0 Å². The molecule has 7 heteroatoms. The van der Waals surface area contributed by atoms with Crippen LogP contribution < -0.4 is 10.6 Å². The maximum Gasteiger partial charge on any atom is 0.405 e. The van der Waals surface area contributed by atoms with E-state index in [9.17, 15) is 13.2 Å². The standard InChI is InChI=1S/C10H11F3N2OS/c11-10(12,13)6-14-9(17)15-8-3-1-2-7(4-8)5-16/h1-4,16H,5-6H2,(H2,14,15,17). The lowest BCUT2D eigenvalue weighted by Crippen LogP contribution is -2.36. The van der Waals surface area contributed by atoms with E-state index in [1.54, 1.807) is 24.3 Å². The normalized spacial score (nSPS) is 11.1. The van der Waals surface area contributed by atoms with Crippen LogP contribution in [0.3, 0.4) is 0 Å². The predicted octanol–water partition coefficient (Wildman–Crippen LogP) is 2.03. The molecule has 0 spiro atoms. The molecule has 17 heavy (non-hydrogen) atoms. The van der Waals surface area contributed by atoms with Crippen LogP contribution in [-0.2, 0) is 6.61 Å². The van der Waals surface area contributed by atoms with Gasteiger partial charge in [-0.15, -0.1) is 0 Å². The Morgan fingerprint density at radius 2 is 2.06 bits per heavy atom. The van der Waals surface area contributed by atoms with Gasteiger partial charge in [0.15, 0.2) is 5.11 Å². The Hall–Kier alpha value is -1.34. The van der Waals surface area contributed by atoms with E-state index in [-0.39, 0.29) is 11.7 Å². The number of rotatable bonds is 3. The average Bonchev–Trinajstić information content (AvgIpc) is 2.26. The number of aliphatic hydroxyl groups is 1. The number of aliphatic hydroxyl groups excluding tert-OH is 1. The highest BCUT2D eigenvalue weighted by atomic mass is 32.1. The van der Waals surface area contributed by atoms with Crippen LogP contribution >= 0.6 is 12.2 Å². The third kappa shape index (κ3) is 5.50. The first kappa shape index (κ1) is 13.7. The van der Waals surface area contributed by atoms with Crippen LogP contribution in [0.2, 0.25) is 0 Å². The molecule has 1 rings (SSSR count). The molecule has 0 radical (unpaired) electrons. The molecule has 0 aliphatic rings. The molecule has 0 fully saturated rings. The molecule has 94 valence electrons. The van der Waals surface area contributed by atoms with Crippen molar-refractivity contribution < 1.29 is 18.3 Å². The highest BCUT2D eigenvalue weighted by Crippen LogP contribution is 2.13. The molecule has 0 saturated heterocycles. The summed E-state index contributed by atoms with van der Waals surface area (Å²) < 4.78 is 35.7. The molecule has 0 atom stereocenters. The maximum absolute atomic E-state index is 11.9. The van der Waals surface area contributed by atoms with Gasteiger partial charge >= 0.3 is 6.18 Å². The van der Waals surface area contributed by atoms with Gasteiger partial charge < -0.3 is 15.7 Å². The quantitative estimate of drug-likeness (QED) is 0.731. The van der Waals surface area contributed by atoms with Crippen molar-refractivity contribution in [2.45, 2.75) is 12.8 Å². The van der Waals surface area contributed by atoms with Crippen LogP contribution in [0.1, 0.15) is 5.56 Å². The fourth-order valence-corrected chi connectivity index (χ4v) is 1.29. The monoisotopic (exact) mass is 264 g/mol. The number of anilines is 1. The minimum absolute atomic E-state index is 0.114. The SMILES string of the molecule is OCc1cccc(NC(=S)NCC(F)(F)F)c1. The zero-order valence-corrected chi connectivity index (χ0v) is 9.53. The van der Waals surface area contributed by atoms with E-state index in [4.69, 9.17) is 17.3 Å². The summed E-state index contributed by atoms with van der Waals surface area (Å²) in [5, 5.41) is 13.4. The van der Waals surface area contributed by atoms with Crippen molar-refractivity contribution in [2.75, 3.05) is 11.9 Å². The predicted molar refractivity (Wildman–Crippen MR) is 62.6 cm³/mol. The summed E-state index contributed by atoms with van der Waals surface area (Å²) >= 11 is 4.70. The van der Waals surface area contributed by atoms with Gasteiger partial charge in [0.05, 0.1) is 6.61 Å². The molecule has 0 unspecified atom stereocenters. The smallest absolute Gasteiger partial charge is 0.392 e. The van der Waals surface area contributed by atoms with Crippen molar-refractivity contribution in [2.24, 2.45) is 0 Å². The van der Waals surface area contributed by atoms with Gasteiger partial charge in [-0.1, -0.05) is 12.1 Å². The van der Waals surface area contributed by atoms with Crippen molar-refractivity contribution in [3.63, 3.8) is 0 Å². The molecular weight excluding hydrogens is 253 g/mol. The second kappa shape index (κ2) is 5.83. The van der Waals surface area contributed by atoms with Crippen molar-refractivity contribution in [3.05, 3.63) is 29.8 Å². The first-order valence-electron chi connectivity index (χ1n) is 4.72. The first-order valence-corrected chi connectivity index (χ1v) is 5.13. The first-order chi connectivity index (χ1) is 7.90. The van der Waals surface area contributed by atoms with Gasteiger partial charge in [-0.2, -0.15) is 13.2 Å². The van der Waals surface area contributed by atoms with Crippen LogP contribution in [0.25, 0.3) is 0 Å². The van der Waals surface area contributed by atoms with Crippen LogP contribution in [0.5, 0.6) is 0 Å². The Bertz CT molecular complexity index is 395. The van der Waals surface area contributed by atoms with E-state index >= 15 is 0 Å². The summed E-state index contributed by atoms with van der Waals surface area (Å²) in [5.74, 6) is 0. The number of hydrogen-bond acceptors (Lipinski definition) is 2. The van der Waals surface area contributed by atoms with E-state index in [0.29, 0.717) is 11.3 Å². The Kier molecular flexibility index (Phi) is 4.71. The summed E-state index contributed by atoms with van der Waals surface area (Å²) in [6, 6.07) is 6.60. The molecule has 0 saturated carbocycles. The average molecular weight is 264 g/mol. The van der Waals surface area contributed by atoms with E-state index < -0.39 is 12.7 Å². The lowest BCUT2D eigenvalue weighted by atomic mass is 10.2. The van der Waals surface area contributed by atoms with Gasteiger partial charge in [0.25, 0.3) is 0 Å². The fourth-order valence-electron chi connectivity index (χ4n) is 1.10. The molecule has 1 aromatic carbocycles. The largest absolute Gasteiger partial charge is 0.405 e. The number of halogens is 3. The molecular formula is C10H11F3N2OS. The topological polar surface area (TPSA) is 44.3 Å². The van der Waals surface area contributed by atoms with Crippen molar-refractivity contribution in [1.29, 1.82) is 0 Å². The Labute approximate surface area is 102 Å². The number of thiocarbonyl (C=S) groups is 1. The van der Waals surface area contributed by atoms with Gasteiger partial charge in [0, 0.05) is 5.69 Å².